The molecule has 0 saturated heterocycles. The van der Waals surface area contributed by atoms with Gasteiger partial charge in [0.05, 0.1) is 17.8 Å². The molecule has 3 nitrogen and oxygen atoms in total. The summed E-state index contributed by atoms with van der Waals surface area (Å²) in [6, 6.07) is 6.18. The van der Waals surface area contributed by atoms with E-state index in [0.29, 0.717) is 12.3 Å². The van der Waals surface area contributed by atoms with Gasteiger partial charge >= 0.3 is 0 Å². The highest BCUT2D eigenvalue weighted by Gasteiger charge is 2.31. The number of nitrogens with zero attached hydrogens (tertiary/aromatic N) is 2. The van der Waals surface area contributed by atoms with E-state index in [-0.39, 0.29) is 5.91 Å². The van der Waals surface area contributed by atoms with Crippen LogP contribution in [0.25, 0.3) is 0 Å². The zero-order chi connectivity index (χ0) is 13.4. The highest BCUT2D eigenvalue weighted by atomic mass is 16.2. The van der Waals surface area contributed by atoms with Gasteiger partial charge in [0, 0.05) is 0 Å². The molecule has 0 atom stereocenters. The molecule has 1 saturated carbocycles. The van der Waals surface area contributed by atoms with Crippen LogP contribution in [0.4, 0.5) is 5.69 Å². The summed E-state index contributed by atoms with van der Waals surface area (Å²) in [6.07, 6.45) is 5.47. The molecule has 0 bridgehead atoms. The molecule has 100 valence electrons. The predicted octanol–water partition coefficient (Wildman–Crippen LogP) is 3.59. The quantitative estimate of drug-likeness (QED) is 0.796. The third-order valence-electron chi connectivity index (χ3n) is 4.22. The van der Waals surface area contributed by atoms with Crippen LogP contribution >= 0.6 is 0 Å². The van der Waals surface area contributed by atoms with Crippen molar-refractivity contribution in [3.63, 3.8) is 0 Å². The van der Waals surface area contributed by atoms with Crippen LogP contribution in [0.15, 0.2) is 23.3 Å². The molecule has 1 heterocycles. The molecule has 1 aliphatic carbocycles. The number of hydrogen-bond donors (Lipinski definition) is 0. The lowest BCUT2D eigenvalue weighted by atomic mass is 10.00. The molecule has 1 amide bonds. The van der Waals surface area contributed by atoms with E-state index in [4.69, 9.17) is 0 Å². The number of carbonyl (C=O) groups is 1. The number of hydrazone groups is 1. The van der Waals surface area contributed by atoms with Gasteiger partial charge in [0.2, 0.25) is 0 Å². The molecule has 2 aliphatic rings. The Hall–Kier alpha value is -1.64. The third-order valence-corrected chi connectivity index (χ3v) is 4.22. The van der Waals surface area contributed by atoms with Gasteiger partial charge in [-0.2, -0.15) is 5.10 Å². The second kappa shape index (κ2) is 4.80. The Balaban J connectivity index is 1.91. The fraction of sp³-hybridized carbons (Fsp3) is 0.500. The summed E-state index contributed by atoms with van der Waals surface area (Å²) in [7, 11) is 0. The molecule has 1 fully saturated rings. The van der Waals surface area contributed by atoms with Gasteiger partial charge in [-0.25, -0.2) is 5.01 Å². The molecule has 1 aromatic carbocycles. The van der Waals surface area contributed by atoms with Crippen molar-refractivity contribution in [1.82, 2.24) is 0 Å². The number of hydrogen-bond acceptors (Lipinski definition) is 2. The van der Waals surface area contributed by atoms with E-state index in [9.17, 15) is 4.79 Å². The Kier molecular flexibility index (Phi) is 3.13. The van der Waals surface area contributed by atoms with Crippen LogP contribution in [0.3, 0.4) is 0 Å². The molecule has 1 aromatic rings. The molecule has 0 N–H and O–H groups in total. The van der Waals surface area contributed by atoms with Crippen LogP contribution in [0.2, 0.25) is 0 Å². The first-order chi connectivity index (χ1) is 9.15. The molecule has 0 spiro atoms. The molecule has 1 aliphatic heterocycles. The van der Waals surface area contributed by atoms with Gasteiger partial charge in [0.25, 0.3) is 5.91 Å². The maximum Gasteiger partial charge on any atom is 0.253 e. The fourth-order valence-electron chi connectivity index (χ4n) is 3.07. The highest BCUT2D eigenvalue weighted by Crippen LogP contribution is 2.32. The zero-order valence-electron chi connectivity index (χ0n) is 11.6. The monoisotopic (exact) mass is 256 g/mol. The van der Waals surface area contributed by atoms with Crippen LogP contribution < -0.4 is 5.01 Å². The number of carbonyl (C=O) groups excluding carboxylic acids is 1. The Labute approximate surface area is 114 Å². The summed E-state index contributed by atoms with van der Waals surface area (Å²) >= 11 is 0. The zero-order valence-corrected chi connectivity index (χ0v) is 11.6. The number of anilines is 1. The lowest BCUT2D eigenvalue weighted by Gasteiger charge is -2.15. The minimum absolute atomic E-state index is 0.121. The standard InChI is InChI=1S/C16H20N2O/c1-11-7-8-12(2)15(9-11)18-16(19)10-14(17-18)13-5-3-4-6-13/h7-9,13H,3-6,10H2,1-2H3. The molecule has 19 heavy (non-hydrogen) atoms. The lowest BCUT2D eigenvalue weighted by Crippen LogP contribution is -2.20. The number of aryl methyl sites for hydroxylation is 2. The van der Waals surface area contributed by atoms with E-state index in [1.165, 1.54) is 25.7 Å². The summed E-state index contributed by atoms with van der Waals surface area (Å²) in [4.78, 5) is 12.2. The Morgan fingerprint density at radius 3 is 2.68 bits per heavy atom. The predicted molar refractivity (Wildman–Crippen MR) is 77.4 cm³/mol. The molecular weight excluding hydrogens is 236 g/mol. The molecule has 3 heteroatoms. The summed E-state index contributed by atoms with van der Waals surface area (Å²) in [6.45, 7) is 4.08. The SMILES string of the molecule is Cc1ccc(C)c(N2N=C(C3CCCC3)CC2=O)c1. The normalized spacial score (nSPS) is 20.2. The first kappa shape index (κ1) is 12.4. The lowest BCUT2D eigenvalue weighted by molar-refractivity contribution is -0.116. The smallest absolute Gasteiger partial charge is 0.253 e. The van der Waals surface area contributed by atoms with Gasteiger partial charge in [0.15, 0.2) is 0 Å². The van der Waals surface area contributed by atoms with E-state index in [0.717, 1.165) is 22.5 Å². The minimum atomic E-state index is 0.121. The summed E-state index contributed by atoms with van der Waals surface area (Å²) in [5.41, 5.74) is 4.31. The molecule has 3 rings (SSSR count). The van der Waals surface area contributed by atoms with Gasteiger partial charge in [-0.15, -0.1) is 0 Å². The van der Waals surface area contributed by atoms with E-state index < -0.39 is 0 Å². The van der Waals surface area contributed by atoms with Gasteiger partial charge < -0.3 is 0 Å². The average molecular weight is 256 g/mol. The van der Waals surface area contributed by atoms with Crippen molar-refractivity contribution < 1.29 is 4.79 Å². The second-order valence-electron chi connectivity index (χ2n) is 5.74. The van der Waals surface area contributed by atoms with Crippen molar-refractivity contribution in [3.8, 4) is 0 Å². The maximum absolute atomic E-state index is 12.2. The van der Waals surface area contributed by atoms with Crippen molar-refractivity contribution in [3.05, 3.63) is 29.3 Å². The average Bonchev–Trinajstić information content (AvgIpc) is 3.01. The second-order valence-corrected chi connectivity index (χ2v) is 5.74. The van der Waals surface area contributed by atoms with Crippen molar-refractivity contribution in [2.24, 2.45) is 11.0 Å². The Morgan fingerprint density at radius 1 is 1.21 bits per heavy atom. The number of benzene rings is 1. The van der Waals surface area contributed by atoms with Crippen molar-refractivity contribution in [2.75, 3.05) is 5.01 Å². The molecule has 0 unspecified atom stereocenters. The van der Waals surface area contributed by atoms with Crippen LogP contribution in [0.5, 0.6) is 0 Å². The first-order valence-corrected chi connectivity index (χ1v) is 7.13. The minimum Gasteiger partial charge on any atom is -0.272 e. The van der Waals surface area contributed by atoms with Crippen LogP contribution in [-0.2, 0) is 4.79 Å². The van der Waals surface area contributed by atoms with Crippen molar-refractivity contribution in [2.45, 2.75) is 46.0 Å². The van der Waals surface area contributed by atoms with Gasteiger partial charge in [-0.1, -0.05) is 25.0 Å². The molecule has 0 aromatic heterocycles. The van der Waals surface area contributed by atoms with Gasteiger partial charge in [-0.3, -0.25) is 4.79 Å². The highest BCUT2D eigenvalue weighted by molar-refractivity contribution is 6.14. The van der Waals surface area contributed by atoms with Crippen molar-refractivity contribution in [1.29, 1.82) is 0 Å². The van der Waals surface area contributed by atoms with E-state index in [1.54, 1.807) is 5.01 Å². The molecular formula is C16H20N2O. The Morgan fingerprint density at radius 2 is 1.95 bits per heavy atom. The Bertz CT molecular complexity index is 542. The summed E-state index contributed by atoms with van der Waals surface area (Å²) in [5.74, 6) is 0.662. The summed E-state index contributed by atoms with van der Waals surface area (Å²) in [5, 5.41) is 6.24. The van der Waals surface area contributed by atoms with E-state index in [1.807, 2.05) is 19.9 Å². The van der Waals surface area contributed by atoms with Crippen LogP contribution in [0.1, 0.15) is 43.2 Å². The number of rotatable bonds is 2. The summed E-state index contributed by atoms with van der Waals surface area (Å²) < 4.78 is 0. The number of amides is 1. The van der Waals surface area contributed by atoms with Crippen LogP contribution in [-0.4, -0.2) is 11.6 Å². The largest absolute Gasteiger partial charge is 0.272 e. The van der Waals surface area contributed by atoms with Gasteiger partial charge in [0.1, 0.15) is 0 Å². The van der Waals surface area contributed by atoms with Gasteiger partial charge in [-0.05, 0) is 49.8 Å². The van der Waals surface area contributed by atoms with Crippen molar-refractivity contribution >= 4 is 17.3 Å². The van der Waals surface area contributed by atoms with E-state index in [2.05, 4.69) is 17.2 Å². The van der Waals surface area contributed by atoms with Crippen LogP contribution in [0, 0.1) is 19.8 Å². The fourth-order valence-corrected chi connectivity index (χ4v) is 3.07. The van der Waals surface area contributed by atoms with E-state index >= 15 is 0 Å². The molecule has 0 radical (unpaired) electrons. The first-order valence-electron chi connectivity index (χ1n) is 7.13. The topological polar surface area (TPSA) is 32.7 Å². The maximum atomic E-state index is 12.2. The third kappa shape index (κ3) is 2.29.